The first kappa shape index (κ1) is 31.3. The van der Waals surface area contributed by atoms with Gasteiger partial charge in [0, 0.05) is 27.6 Å². The predicted molar refractivity (Wildman–Crippen MR) is 232 cm³/mol. The van der Waals surface area contributed by atoms with Crippen molar-refractivity contribution in [2.45, 2.75) is 50.4 Å². The van der Waals surface area contributed by atoms with Gasteiger partial charge in [-0.2, -0.15) is 0 Å². The molecule has 6 unspecified atom stereocenters. The van der Waals surface area contributed by atoms with Gasteiger partial charge in [0.15, 0.2) is 0 Å². The molecule has 2 nitrogen and oxygen atoms in total. The van der Waals surface area contributed by atoms with E-state index >= 15 is 0 Å². The molecule has 4 saturated carbocycles. The number of rotatable bonds is 4. The predicted octanol–water partition coefficient (Wildman–Crippen LogP) is 14.4. The Hall–Kier alpha value is -5.86. The number of nitrogens with zero attached hydrogens (tertiary/aromatic N) is 1. The van der Waals surface area contributed by atoms with Crippen LogP contribution in [0.5, 0.6) is 0 Å². The minimum Gasteiger partial charge on any atom is -0.456 e. The summed E-state index contributed by atoms with van der Waals surface area (Å²) in [4.78, 5) is 2.54. The Morgan fingerprint density at radius 1 is 0.526 bits per heavy atom. The first-order valence-electron chi connectivity index (χ1n) is 21.3. The number of hydrogen-bond donors (Lipinski definition) is 0. The minimum absolute atomic E-state index is 0.111. The summed E-state index contributed by atoms with van der Waals surface area (Å²) in [5.74, 6) is 3.42. The fraction of sp³-hybridized carbons (Fsp3) is 0.236. The average molecular weight is 734 g/mol. The third-order valence-corrected chi connectivity index (χ3v) is 16.5. The topological polar surface area (TPSA) is 16.4 Å². The summed E-state index contributed by atoms with van der Waals surface area (Å²) in [6.45, 7) is 4.77. The summed E-state index contributed by atoms with van der Waals surface area (Å²) in [6, 6.07) is 57.4. The molecular formula is C55H43NO. The Kier molecular flexibility index (Phi) is 5.68. The summed E-state index contributed by atoms with van der Waals surface area (Å²) in [5.41, 5.74) is 20.1. The molecule has 0 aliphatic heterocycles. The summed E-state index contributed by atoms with van der Waals surface area (Å²) in [7, 11) is 0. The van der Waals surface area contributed by atoms with Crippen molar-refractivity contribution in [2.24, 2.45) is 29.1 Å². The maximum absolute atomic E-state index is 6.54. The van der Waals surface area contributed by atoms with E-state index in [9.17, 15) is 0 Å². The molecule has 8 aromatic rings. The van der Waals surface area contributed by atoms with Crippen molar-refractivity contribution < 1.29 is 4.42 Å². The van der Waals surface area contributed by atoms with Gasteiger partial charge in [0.1, 0.15) is 11.2 Å². The standard InChI is InChI=1S/C55H43NO/c1-53(2)43-15-8-6-13-38(43)39-22-20-37(30-46(39)53)56(47-16-10-18-49-52(47)40-14-7-9-17-48(40)57-49)36-21-24-45-42(29-36)41-27-34(33-11-4-3-5-12-33)19-23-44(41)55(45)50-26-32-25-35-28-51(55)54(35,50)31-32/h3-24,27,29-30,32,35,50-51H,25-26,28,31H2,1-2H3. The fourth-order valence-electron chi connectivity index (χ4n) is 14.5. The van der Waals surface area contributed by atoms with Gasteiger partial charge in [-0.15, -0.1) is 0 Å². The second-order valence-corrected chi connectivity index (χ2v) is 18.9. The van der Waals surface area contributed by atoms with Crippen LogP contribution >= 0.6 is 0 Å². The van der Waals surface area contributed by atoms with Gasteiger partial charge in [-0.25, -0.2) is 0 Å². The van der Waals surface area contributed by atoms with Crippen LogP contribution in [0.4, 0.5) is 17.1 Å². The zero-order valence-corrected chi connectivity index (χ0v) is 32.4. The lowest BCUT2D eigenvalue weighted by atomic mass is 9.27. The molecule has 0 amide bonds. The van der Waals surface area contributed by atoms with Gasteiger partial charge in [-0.1, -0.05) is 117 Å². The zero-order valence-electron chi connectivity index (χ0n) is 32.4. The maximum Gasteiger partial charge on any atom is 0.137 e. The van der Waals surface area contributed by atoms with Crippen LogP contribution in [-0.4, -0.2) is 0 Å². The van der Waals surface area contributed by atoms with E-state index in [4.69, 9.17) is 4.42 Å². The molecule has 0 radical (unpaired) electrons. The smallest absolute Gasteiger partial charge is 0.137 e. The van der Waals surface area contributed by atoms with Gasteiger partial charge in [-0.05, 0) is 159 Å². The SMILES string of the molecule is CC1(C)c2ccccc2-c2ccc(N(c3ccc4c(c3)-c3cc(-c5ccccc5)ccc3C43C4CC5CC6CC3C64C5)c3cccc4oc5ccccc5c34)cc21. The summed E-state index contributed by atoms with van der Waals surface area (Å²) >= 11 is 0. The Balaban J connectivity index is 1.02. The highest BCUT2D eigenvalue weighted by Crippen LogP contribution is 2.89. The van der Waals surface area contributed by atoms with Crippen LogP contribution in [0.1, 0.15) is 61.8 Å². The molecule has 274 valence electrons. The first-order valence-corrected chi connectivity index (χ1v) is 21.3. The lowest BCUT2D eigenvalue weighted by Gasteiger charge is -2.76. The van der Waals surface area contributed by atoms with Crippen molar-refractivity contribution in [1.29, 1.82) is 0 Å². The van der Waals surface area contributed by atoms with E-state index in [0.29, 0.717) is 5.41 Å². The molecule has 57 heavy (non-hydrogen) atoms. The van der Waals surface area contributed by atoms with Gasteiger partial charge >= 0.3 is 0 Å². The molecule has 1 aromatic heterocycles. The highest BCUT2D eigenvalue weighted by Gasteiger charge is 2.84. The lowest BCUT2D eigenvalue weighted by molar-refractivity contribution is -0.231. The highest BCUT2D eigenvalue weighted by molar-refractivity contribution is 6.13. The van der Waals surface area contributed by atoms with Crippen LogP contribution in [0, 0.1) is 29.1 Å². The Morgan fingerprint density at radius 3 is 2.14 bits per heavy atom. The summed E-state index contributed by atoms with van der Waals surface area (Å²) in [6.07, 6.45) is 5.78. The van der Waals surface area contributed by atoms with E-state index in [1.807, 2.05) is 0 Å². The van der Waals surface area contributed by atoms with Crippen molar-refractivity contribution in [3.8, 4) is 33.4 Å². The molecule has 6 aliphatic rings. The lowest BCUT2D eigenvalue weighted by Crippen LogP contribution is -2.73. The van der Waals surface area contributed by atoms with E-state index in [1.54, 1.807) is 11.1 Å². The van der Waals surface area contributed by atoms with Crippen LogP contribution < -0.4 is 4.90 Å². The van der Waals surface area contributed by atoms with Gasteiger partial charge in [0.05, 0.1) is 11.1 Å². The number of anilines is 3. The number of furan rings is 1. The monoisotopic (exact) mass is 733 g/mol. The molecule has 0 N–H and O–H groups in total. The van der Waals surface area contributed by atoms with Crippen LogP contribution in [-0.2, 0) is 10.8 Å². The van der Waals surface area contributed by atoms with Crippen molar-refractivity contribution in [1.82, 2.24) is 0 Å². The van der Waals surface area contributed by atoms with Gasteiger partial charge in [0.2, 0.25) is 0 Å². The normalized spacial score (nSPS) is 27.1. The maximum atomic E-state index is 6.54. The molecule has 2 spiro atoms. The molecule has 0 saturated heterocycles. The zero-order chi connectivity index (χ0) is 37.4. The molecular weight excluding hydrogens is 691 g/mol. The van der Waals surface area contributed by atoms with E-state index in [0.717, 1.165) is 51.3 Å². The molecule has 2 bridgehead atoms. The molecule has 4 fully saturated rings. The van der Waals surface area contributed by atoms with Gasteiger partial charge in [0.25, 0.3) is 0 Å². The number of benzene rings is 7. The van der Waals surface area contributed by atoms with E-state index < -0.39 is 0 Å². The average Bonchev–Trinajstić information content (AvgIpc) is 4.02. The highest BCUT2D eigenvalue weighted by atomic mass is 16.3. The Morgan fingerprint density at radius 2 is 1.25 bits per heavy atom. The van der Waals surface area contributed by atoms with E-state index in [-0.39, 0.29) is 10.8 Å². The molecule has 2 heteroatoms. The van der Waals surface area contributed by atoms with Gasteiger partial charge in [-0.3, -0.25) is 0 Å². The third kappa shape index (κ3) is 3.58. The number of para-hydroxylation sites is 1. The fourth-order valence-corrected chi connectivity index (χ4v) is 14.5. The minimum atomic E-state index is -0.111. The molecule has 6 aliphatic carbocycles. The Bertz CT molecular complexity index is 3060. The number of fused-ring (bicyclic) bond motifs is 14. The van der Waals surface area contributed by atoms with Crippen LogP contribution in [0.2, 0.25) is 0 Å². The van der Waals surface area contributed by atoms with Crippen LogP contribution in [0.25, 0.3) is 55.3 Å². The Labute approximate surface area is 333 Å². The van der Waals surface area contributed by atoms with E-state index in [2.05, 4.69) is 170 Å². The molecule has 1 heterocycles. The molecule has 6 atom stereocenters. The first-order chi connectivity index (χ1) is 28.0. The summed E-state index contributed by atoms with van der Waals surface area (Å²) < 4.78 is 6.54. The van der Waals surface area contributed by atoms with Crippen molar-refractivity contribution >= 4 is 39.0 Å². The molecule has 14 rings (SSSR count). The van der Waals surface area contributed by atoms with Crippen molar-refractivity contribution in [3.05, 3.63) is 174 Å². The van der Waals surface area contributed by atoms with Crippen molar-refractivity contribution in [2.75, 3.05) is 4.90 Å². The molecule has 7 aromatic carbocycles. The number of hydrogen-bond acceptors (Lipinski definition) is 2. The second kappa shape index (κ2) is 10.4. The third-order valence-electron chi connectivity index (χ3n) is 16.5. The van der Waals surface area contributed by atoms with E-state index in [1.165, 1.54) is 81.6 Å². The summed E-state index contributed by atoms with van der Waals surface area (Å²) in [5, 5.41) is 2.30. The second-order valence-electron chi connectivity index (χ2n) is 18.9. The van der Waals surface area contributed by atoms with Crippen molar-refractivity contribution in [3.63, 3.8) is 0 Å². The van der Waals surface area contributed by atoms with Crippen LogP contribution in [0.15, 0.2) is 156 Å². The van der Waals surface area contributed by atoms with Gasteiger partial charge < -0.3 is 9.32 Å². The largest absolute Gasteiger partial charge is 0.456 e. The quantitative estimate of drug-likeness (QED) is 0.179. The van der Waals surface area contributed by atoms with Crippen LogP contribution in [0.3, 0.4) is 0 Å².